The van der Waals surface area contributed by atoms with Gasteiger partial charge in [-0.05, 0) is 37.3 Å². The Morgan fingerprint density at radius 3 is 2.41 bits per heavy atom. The van der Waals surface area contributed by atoms with Crippen LogP contribution in [-0.2, 0) is 10.0 Å². The lowest BCUT2D eigenvalue weighted by molar-refractivity contribution is 0.382. The van der Waals surface area contributed by atoms with Gasteiger partial charge < -0.3 is 0 Å². The fourth-order valence-corrected chi connectivity index (χ4v) is 6.20. The summed E-state index contributed by atoms with van der Waals surface area (Å²) in [7, 11) is -4.68. The first-order chi connectivity index (χ1) is 10.2. The Morgan fingerprint density at radius 2 is 1.82 bits per heavy atom. The van der Waals surface area contributed by atoms with Crippen molar-refractivity contribution < 1.29 is 8.42 Å². The van der Waals surface area contributed by atoms with Crippen molar-refractivity contribution in [2.24, 2.45) is 11.8 Å². The molecule has 0 radical (unpaired) electrons. The van der Waals surface area contributed by atoms with Crippen LogP contribution in [-0.4, -0.2) is 33.9 Å². The first-order valence-electron chi connectivity index (χ1n) is 7.95. The summed E-state index contributed by atoms with van der Waals surface area (Å²) < 4.78 is 27.5. The molecule has 2 aliphatic rings. The Hall–Kier alpha value is -0.913. The molecule has 1 aliphatic heterocycles. The molecule has 1 saturated heterocycles. The van der Waals surface area contributed by atoms with E-state index in [0.29, 0.717) is 29.8 Å². The largest absolute Gasteiger partial charge is 0.243 e. The number of sulfonamides is 1. The molecule has 0 aromatic heterocycles. The quantitative estimate of drug-likeness (QED) is 0.794. The van der Waals surface area contributed by atoms with Crippen LogP contribution in [0.2, 0.25) is 19.6 Å². The first-order valence-corrected chi connectivity index (χ1v) is 13.0. The van der Waals surface area contributed by atoms with Gasteiger partial charge in [0.2, 0.25) is 10.0 Å². The molecule has 2 atom stereocenters. The third-order valence-electron chi connectivity index (χ3n) is 4.47. The lowest BCUT2D eigenvalue weighted by Crippen LogP contribution is -2.38. The van der Waals surface area contributed by atoms with Crippen LogP contribution >= 0.6 is 0 Å². The van der Waals surface area contributed by atoms with E-state index in [1.807, 2.05) is 19.1 Å². The van der Waals surface area contributed by atoms with Gasteiger partial charge >= 0.3 is 0 Å². The molecule has 0 unspecified atom stereocenters. The number of nitrogens with zero attached hydrogens (tertiary/aromatic N) is 1. The second-order valence-corrected chi connectivity index (χ2v) is 14.8. The van der Waals surface area contributed by atoms with Crippen molar-refractivity contribution in [1.82, 2.24) is 4.31 Å². The summed E-state index contributed by atoms with van der Waals surface area (Å²) in [6.07, 6.45) is 1.16. The van der Waals surface area contributed by atoms with Gasteiger partial charge in [-0.15, -0.1) is 0 Å². The topological polar surface area (TPSA) is 37.4 Å². The smallest absolute Gasteiger partial charge is 0.207 e. The molecule has 1 aromatic rings. The minimum Gasteiger partial charge on any atom is -0.207 e. The van der Waals surface area contributed by atoms with Crippen molar-refractivity contribution in [3.8, 4) is 0 Å². The first kappa shape index (κ1) is 16.0. The molecule has 120 valence electrons. The highest BCUT2D eigenvalue weighted by Gasteiger charge is 2.47. The van der Waals surface area contributed by atoms with Crippen LogP contribution < -0.4 is 0 Å². The van der Waals surface area contributed by atoms with Crippen LogP contribution in [0.5, 0.6) is 0 Å². The minimum absolute atomic E-state index is 0.421. The molecule has 0 bridgehead atoms. The van der Waals surface area contributed by atoms with Gasteiger partial charge in [-0.3, -0.25) is 0 Å². The Bertz CT molecular complexity index is 701. The van der Waals surface area contributed by atoms with Crippen LogP contribution in [0, 0.1) is 18.8 Å². The number of aryl methyl sites for hydroxylation is 1. The van der Waals surface area contributed by atoms with Crippen LogP contribution in [0.3, 0.4) is 0 Å². The molecule has 3 rings (SSSR count). The van der Waals surface area contributed by atoms with E-state index in [1.165, 1.54) is 5.57 Å². The summed E-state index contributed by atoms with van der Waals surface area (Å²) in [6.45, 7) is 10.2. The second kappa shape index (κ2) is 5.32. The normalized spacial score (nSPS) is 27.7. The van der Waals surface area contributed by atoms with Gasteiger partial charge in [-0.2, -0.15) is 4.31 Å². The fraction of sp³-hybridized carbons (Fsp3) is 0.529. The third kappa shape index (κ3) is 3.21. The Kier molecular flexibility index (Phi) is 3.86. The van der Waals surface area contributed by atoms with E-state index in [0.717, 1.165) is 12.0 Å². The third-order valence-corrected chi connectivity index (χ3v) is 7.54. The number of hydrogen-bond acceptors (Lipinski definition) is 2. The van der Waals surface area contributed by atoms with Gasteiger partial charge in [0.1, 0.15) is 0 Å². The zero-order chi connectivity index (χ0) is 16.1. The molecule has 1 aliphatic carbocycles. The van der Waals surface area contributed by atoms with Gasteiger partial charge in [0.15, 0.2) is 0 Å². The maximum absolute atomic E-state index is 12.9. The van der Waals surface area contributed by atoms with Crippen molar-refractivity contribution in [3.63, 3.8) is 0 Å². The van der Waals surface area contributed by atoms with Gasteiger partial charge in [0.05, 0.1) is 13.0 Å². The van der Waals surface area contributed by atoms with E-state index in [4.69, 9.17) is 0 Å². The highest BCUT2D eigenvalue weighted by atomic mass is 32.2. The summed E-state index contributed by atoms with van der Waals surface area (Å²) in [5.41, 5.74) is 4.86. The SMILES string of the molecule is Cc1ccc(S(=O)(=O)N2C/C(=C/[Si](C)(C)C)[C@H]3C[C@H]3C2)cc1. The van der Waals surface area contributed by atoms with E-state index < -0.39 is 18.1 Å². The zero-order valence-corrected chi connectivity index (χ0v) is 15.7. The van der Waals surface area contributed by atoms with Crippen molar-refractivity contribution in [2.75, 3.05) is 13.1 Å². The number of piperidine rings is 1. The Morgan fingerprint density at radius 1 is 1.18 bits per heavy atom. The lowest BCUT2D eigenvalue weighted by atomic mass is 10.1. The summed E-state index contributed by atoms with van der Waals surface area (Å²) in [5, 5.41) is 0. The van der Waals surface area contributed by atoms with Crippen molar-refractivity contribution in [3.05, 3.63) is 41.1 Å². The van der Waals surface area contributed by atoms with Crippen LogP contribution in [0.1, 0.15) is 12.0 Å². The van der Waals surface area contributed by atoms with E-state index in [1.54, 1.807) is 16.4 Å². The molecule has 0 amide bonds. The van der Waals surface area contributed by atoms with Crippen molar-refractivity contribution in [2.45, 2.75) is 37.9 Å². The molecular weight excluding hydrogens is 310 g/mol. The Balaban J connectivity index is 1.88. The van der Waals surface area contributed by atoms with Crippen LogP contribution in [0.4, 0.5) is 0 Å². The lowest BCUT2D eigenvalue weighted by Gasteiger charge is -2.29. The minimum atomic E-state index is -3.37. The van der Waals surface area contributed by atoms with Gasteiger partial charge in [-0.1, -0.05) is 48.6 Å². The molecule has 5 heteroatoms. The van der Waals surface area contributed by atoms with Crippen molar-refractivity contribution in [1.29, 1.82) is 0 Å². The molecule has 22 heavy (non-hydrogen) atoms. The van der Waals surface area contributed by atoms with E-state index in [2.05, 4.69) is 25.3 Å². The van der Waals surface area contributed by atoms with E-state index >= 15 is 0 Å². The molecule has 1 saturated carbocycles. The number of benzene rings is 1. The average molecular weight is 336 g/mol. The zero-order valence-electron chi connectivity index (χ0n) is 13.8. The molecule has 2 fully saturated rings. The fourth-order valence-electron chi connectivity index (χ4n) is 3.30. The van der Waals surface area contributed by atoms with Crippen LogP contribution in [0.25, 0.3) is 0 Å². The van der Waals surface area contributed by atoms with Gasteiger partial charge in [0, 0.05) is 13.1 Å². The van der Waals surface area contributed by atoms with Gasteiger partial charge in [-0.25, -0.2) is 8.42 Å². The molecule has 0 N–H and O–H groups in total. The highest BCUT2D eigenvalue weighted by molar-refractivity contribution is 7.89. The number of hydrogen-bond donors (Lipinski definition) is 0. The Labute approximate surface area is 135 Å². The number of rotatable bonds is 3. The van der Waals surface area contributed by atoms with Crippen molar-refractivity contribution >= 4 is 18.1 Å². The standard InChI is InChI=1S/C17H25NO2SSi/c1-13-5-7-16(8-6-13)21(19,20)18-10-14-9-17(14)15(11-18)12-22(2,3)4/h5-8,12,14,17H,9-11H2,1-4H3/b15-12-/t14-,17-/m0/s1. The molecule has 0 spiro atoms. The molecule has 3 nitrogen and oxygen atoms in total. The molecular formula is C17H25NO2SSi. The highest BCUT2D eigenvalue weighted by Crippen LogP contribution is 2.49. The van der Waals surface area contributed by atoms with E-state index in [-0.39, 0.29) is 0 Å². The van der Waals surface area contributed by atoms with E-state index in [9.17, 15) is 8.42 Å². The summed E-state index contributed by atoms with van der Waals surface area (Å²) in [4.78, 5) is 0.421. The monoisotopic (exact) mass is 335 g/mol. The number of fused-ring (bicyclic) bond motifs is 1. The maximum Gasteiger partial charge on any atom is 0.243 e. The molecule has 1 aromatic carbocycles. The summed E-state index contributed by atoms with van der Waals surface area (Å²) in [5.74, 6) is 1.19. The average Bonchev–Trinajstić information content (AvgIpc) is 3.17. The molecule has 1 heterocycles. The summed E-state index contributed by atoms with van der Waals surface area (Å²) >= 11 is 0. The summed E-state index contributed by atoms with van der Waals surface area (Å²) in [6, 6.07) is 7.20. The van der Waals surface area contributed by atoms with Gasteiger partial charge in [0.25, 0.3) is 0 Å². The maximum atomic E-state index is 12.9. The predicted octanol–water partition coefficient (Wildman–Crippen LogP) is 3.44. The van der Waals surface area contributed by atoms with Crippen LogP contribution in [0.15, 0.2) is 40.4 Å². The predicted molar refractivity (Wildman–Crippen MR) is 93.0 cm³/mol. The second-order valence-electron chi connectivity index (χ2n) is 7.80.